The largest absolute Gasteiger partial charge is 0.435 e. The van der Waals surface area contributed by atoms with Gasteiger partial charge in [-0.3, -0.25) is 9.78 Å². The van der Waals surface area contributed by atoms with Gasteiger partial charge in [-0.15, -0.1) is 0 Å². The number of hydrogen-bond donors (Lipinski definition) is 0. The first kappa shape index (κ1) is 17.8. The SMILES string of the molecule is O=C(/C=C/c1ccc(OC(F)F)cc1)N1CCN(c2cnccn2)CC1. The normalized spacial score (nSPS) is 14.9. The molecule has 0 aliphatic carbocycles. The predicted octanol–water partition coefficient (Wildman–Crippen LogP) is 2.44. The van der Waals surface area contributed by atoms with Gasteiger partial charge in [-0.25, -0.2) is 4.98 Å². The Labute approximate surface area is 149 Å². The fourth-order valence-electron chi connectivity index (χ4n) is 2.64. The van der Waals surface area contributed by atoms with Crippen molar-refractivity contribution in [1.29, 1.82) is 0 Å². The Hall–Kier alpha value is -3.03. The van der Waals surface area contributed by atoms with Crippen LogP contribution in [0.1, 0.15) is 5.56 Å². The minimum atomic E-state index is -2.85. The van der Waals surface area contributed by atoms with E-state index >= 15 is 0 Å². The summed E-state index contributed by atoms with van der Waals surface area (Å²) in [6.45, 7) is -0.268. The highest BCUT2D eigenvalue weighted by molar-refractivity contribution is 5.92. The number of ether oxygens (including phenoxy) is 1. The minimum Gasteiger partial charge on any atom is -0.435 e. The van der Waals surface area contributed by atoms with Crippen LogP contribution in [0.3, 0.4) is 0 Å². The number of rotatable bonds is 5. The molecule has 6 nitrogen and oxygen atoms in total. The third-order valence-corrected chi connectivity index (χ3v) is 3.99. The Bertz CT molecular complexity index is 746. The molecule has 3 rings (SSSR count). The number of carbonyl (C=O) groups excluding carboxylic acids is 1. The lowest BCUT2D eigenvalue weighted by Gasteiger charge is -2.34. The van der Waals surface area contributed by atoms with E-state index < -0.39 is 6.61 Å². The van der Waals surface area contributed by atoms with Crippen LogP contribution >= 0.6 is 0 Å². The first-order chi connectivity index (χ1) is 12.6. The number of hydrogen-bond acceptors (Lipinski definition) is 5. The molecule has 26 heavy (non-hydrogen) atoms. The van der Waals surface area contributed by atoms with Gasteiger partial charge in [-0.1, -0.05) is 12.1 Å². The fourth-order valence-corrected chi connectivity index (χ4v) is 2.64. The minimum absolute atomic E-state index is 0.0864. The molecule has 0 atom stereocenters. The van der Waals surface area contributed by atoms with Gasteiger partial charge in [0, 0.05) is 44.6 Å². The van der Waals surface area contributed by atoms with Gasteiger partial charge in [-0.05, 0) is 23.8 Å². The number of alkyl halides is 2. The van der Waals surface area contributed by atoms with E-state index in [1.165, 1.54) is 18.2 Å². The molecule has 8 heteroatoms. The topological polar surface area (TPSA) is 58.6 Å². The van der Waals surface area contributed by atoms with Crippen molar-refractivity contribution in [3.8, 4) is 5.75 Å². The van der Waals surface area contributed by atoms with E-state index in [9.17, 15) is 13.6 Å². The summed E-state index contributed by atoms with van der Waals surface area (Å²) < 4.78 is 28.5. The van der Waals surface area contributed by atoms with E-state index in [2.05, 4.69) is 19.6 Å². The van der Waals surface area contributed by atoms with E-state index in [0.717, 1.165) is 11.4 Å². The molecule has 2 aromatic rings. The first-order valence-electron chi connectivity index (χ1n) is 8.14. The second-order valence-corrected chi connectivity index (χ2v) is 5.66. The first-order valence-corrected chi connectivity index (χ1v) is 8.14. The molecule has 1 aromatic heterocycles. The molecule has 2 heterocycles. The molecule has 1 aromatic carbocycles. The van der Waals surface area contributed by atoms with Gasteiger partial charge in [0.1, 0.15) is 11.6 Å². The van der Waals surface area contributed by atoms with Crippen molar-refractivity contribution in [1.82, 2.24) is 14.9 Å². The third kappa shape index (κ3) is 4.75. The molecule has 0 bridgehead atoms. The smallest absolute Gasteiger partial charge is 0.387 e. The number of aromatic nitrogens is 2. The van der Waals surface area contributed by atoms with Gasteiger partial charge in [0.05, 0.1) is 6.20 Å². The van der Waals surface area contributed by atoms with Crippen molar-refractivity contribution in [3.63, 3.8) is 0 Å². The van der Waals surface area contributed by atoms with Gasteiger partial charge in [0.2, 0.25) is 5.91 Å². The van der Waals surface area contributed by atoms with Crippen LogP contribution < -0.4 is 9.64 Å². The second kappa shape index (κ2) is 8.37. The Balaban J connectivity index is 1.51. The summed E-state index contributed by atoms with van der Waals surface area (Å²) in [5, 5.41) is 0. The average Bonchev–Trinajstić information content (AvgIpc) is 2.67. The Morgan fingerprint density at radius 3 is 2.46 bits per heavy atom. The van der Waals surface area contributed by atoms with Crippen molar-refractivity contribution < 1.29 is 18.3 Å². The van der Waals surface area contributed by atoms with Gasteiger partial charge in [0.15, 0.2) is 0 Å². The van der Waals surface area contributed by atoms with Crippen molar-refractivity contribution >= 4 is 17.8 Å². The second-order valence-electron chi connectivity index (χ2n) is 5.66. The fraction of sp³-hybridized carbons (Fsp3) is 0.278. The van der Waals surface area contributed by atoms with Crippen molar-refractivity contribution in [2.45, 2.75) is 6.61 Å². The molecule has 0 spiro atoms. The van der Waals surface area contributed by atoms with E-state index in [1.54, 1.807) is 41.7 Å². The molecular formula is C18H18F2N4O2. The van der Waals surface area contributed by atoms with E-state index in [4.69, 9.17) is 0 Å². The highest BCUT2D eigenvalue weighted by Crippen LogP contribution is 2.16. The number of anilines is 1. The molecule has 0 radical (unpaired) electrons. The zero-order valence-corrected chi connectivity index (χ0v) is 14.0. The maximum Gasteiger partial charge on any atom is 0.387 e. The standard InChI is InChI=1S/C18H18F2N4O2/c19-18(20)26-15-4-1-14(2-5-15)3-6-17(25)24-11-9-23(10-12-24)16-13-21-7-8-22-16/h1-8,13,18H,9-12H2/b6-3+. The maximum atomic E-state index is 12.3. The number of carbonyl (C=O) groups is 1. The Kier molecular flexibility index (Phi) is 5.73. The Morgan fingerprint density at radius 1 is 1.12 bits per heavy atom. The Morgan fingerprint density at radius 2 is 1.85 bits per heavy atom. The van der Waals surface area contributed by atoms with Crippen LogP contribution in [0.2, 0.25) is 0 Å². The van der Waals surface area contributed by atoms with Gasteiger partial charge >= 0.3 is 6.61 Å². The van der Waals surface area contributed by atoms with E-state index in [1.807, 2.05) is 0 Å². The lowest BCUT2D eigenvalue weighted by Crippen LogP contribution is -2.48. The molecule has 136 valence electrons. The molecule has 1 aliphatic heterocycles. The lowest BCUT2D eigenvalue weighted by atomic mass is 10.2. The van der Waals surface area contributed by atoms with Crippen molar-refractivity contribution in [2.24, 2.45) is 0 Å². The molecule has 1 amide bonds. The summed E-state index contributed by atoms with van der Waals surface area (Å²) in [5.74, 6) is 0.807. The quantitative estimate of drug-likeness (QED) is 0.767. The molecule has 1 saturated heterocycles. The summed E-state index contributed by atoms with van der Waals surface area (Å²) in [6.07, 6.45) is 8.12. The summed E-state index contributed by atoms with van der Waals surface area (Å²) in [6, 6.07) is 6.12. The number of halogens is 2. The molecule has 0 unspecified atom stereocenters. The molecule has 0 saturated carbocycles. The molecule has 1 fully saturated rings. The zero-order valence-electron chi connectivity index (χ0n) is 14.0. The number of amides is 1. The molecule has 1 aliphatic rings. The van der Waals surface area contributed by atoms with Crippen LogP contribution in [-0.2, 0) is 4.79 Å². The van der Waals surface area contributed by atoms with E-state index in [0.29, 0.717) is 26.2 Å². The monoisotopic (exact) mass is 360 g/mol. The van der Waals surface area contributed by atoms with Crippen LogP contribution in [0.5, 0.6) is 5.75 Å². The average molecular weight is 360 g/mol. The summed E-state index contributed by atoms with van der Waals surface area (Å²) in [7, 11) is 0. The maximum absolute atomic E-state index is 12.3. The summed E-state index contributed by atoms with van der Waals surface area (Å²) in [4.78, 5) is 24.5. The van der Waals surface area contributed by atoms with Crippen molar-refractivity contribution in [2.75, 3.05) is 31.1 Å². The summed E-state index contributed by atoms with van der Waals surface area (Å²) in [5.41, 5.74) is 0.734. The molecular weight excluding hydrogens is 342 g/mol. The van der Waals surface area contributed by atoms with Gasteiger partial charge in [-0.2, -0.15) is 8.78 Å². The van der Waals surface area contributed by atoms with Gasteiger partial charge in [0.25, 0.3) is 0 Å². The zero-order chi connectivity index (χ0) is 18.4. The van der Waals surface area contributed by atoms with E-state index in [-0.39, 0.29) is 11.7 Å². The third-order valence-electron chi connectivity index (χ3n) is 3.99. The number of benzene rings is 1. The highest BCUT2D eigenvalue weighted by Gasteiger charge is 2.20. The molecule has 0 N–H and O–H groups in total. The highest BCUT2D eigenvalue weighted by atomic mass is 19.3. The number of piperazine rings is 1. The van der Waals surface area contributed by atoms with Crippen LogP contribution in [0.15, 0.2) is 48.9 Å². The predicted molar refractivity (Wildman–Crippen MR) is 92.9 cm³/mol. The lowest BCUT2D eigenvalue weighted by molar-refractivity contribution is -0.126. The van der Waals surface area contributed by atoms with Crippen LogP contribution in [-0.4, -0.2) is 53.6 Å². The number of nitrogens with zero attached hydrogens (tertiary/aromatic N) is 4. The van der Waals surface area contributed by atoms with Crippen LogP contribution in [0.4, 0.5) is 14.6 Å². The van der Waals surface area contributed by atoms with Gasteiger partial charge < -0.3 is 14.5 Å². The van der Waals surface area contributed by atoms with Crippen LogP contribution in [0, 0.1) is 0 Å². The van der Waals surface area contributed by atoms with Crippen LogP contribution in [0.25, 0.3) is 6.08 Å². The summed E-state index contributed by atoms with van der Waals surface area (Å²) >= 11 is 0. The van der Waals surface area contributed by atoms with Crippen molar-refractivity contribution in [3.05, 3.63) is 54.5 Å².